The molecular formula is C12H12O. The molecule has 0 aliphatic heterocycles. The van der Waals surface area contributed by atoms with E-state index in [4.69, 9.17) is 4.42 Å². The largest absolute Gasteiger partial charge is 0.469 e. The molecule has 0 aliphatic carbocycles. The molecule has 0 bridgehead atoms. The average Bonchev–Trinajstić information content (AvgIpc) is 2.53. The molecule has 2 aromatic rings. The van der Waals surface area contributed by atoms with Gasteiger partial charge in [0.05, 0.1) is 6.26 Å². The number of benzene rings is 1. The van der Waals surface area contributed by atoms with Crippen molar-refractivity contribution < 1.29 is 4.42 Å². The minimum atomic E-state index is 0.884. The second kappa shape index (κ2) is 3.48. The number of rotatable bonds is 2. The molecule has 0 unspecified atom stereocenters. The molecule has 66 valence electrons. The van der Waals surface area contributed by atoms with Gasteiger partial charge >= 0.3 is 0 Å². The van der Waals surface area contributed by atoms with E-state index in [2.05, 4.69) is 18.2 Å². The van der Waals surface area contributed by atoms with Gasteiger partial charge < -0.3 is 4.42 Å². The molecular weight excluding hydrogens is 160 g/mol. The molecule has 1 nitrogen and oxygen atoms in total. The first-order valence-electron chi connectivity index (χ1n) is 4.42. The Bertz CT molecular complexity index is 373. The zero-order valence-electron chi connectivity index (χ0n) is 7.66. The van der Waals surface area contributed by atoms with Gasteiger partial charge in [-0.15, -0.1) is 0 Å². The van der Waals surface area contributed by atoms with Gasteiger partial charge in [-0.2, -0.15) is 0 Å². The van der Waals surface area contributed by atoms with E-state index in [0.29, 0.717) is 0 Å². The Kier molecular flexibility index (Phi) is 2.17. The van der Waals surface area contributed by atoms with Crippen LogP contribution in [0, 0.1) is 6.92 Å². The highest BCUT2D eigenvalue weighted by atomic mass is 16.3. The van der Waals surface area contributed by atoms with Crippen molar-refractivity contribution in [3.05, 3.63) is 59.5 Å². The highest BCUT2D eigenvalue weighted by Crippen LogP contribution is 2.11. The number of hydrogen-bond donors (Lipinski definition) is 0. The molecule has 0 saturated carbocycles. The summed E-state index contributed by atoms with van der Waals surface area (Å²) in [5, 5.41) is 0. The maximum Gasteiger partial charge on any atom is 0.108 e. The lowest BCUT2D eigenvalue weighted by atomic mass is 10.1. The summed E-state index contributed by atoms with van der Waals surface area (Å²) >= 11 is 0. The molecule has 0 N–H and O–H groups in total. The van der Waals surface area contributed by atoms with Crippen molar-refractivity contribution in [2.45, 2.75) is 13.3 Å². The van der Waals surface area contributed by atoms with Crippen LogP contribution < -0.4 is 0 Å². The minimum Gasteiger partial charge on any atom is -0.469 e. The lowest BCUT2D eigenvalue weighted by Crippen LogP contribution is -1.83. The normalized spacial score (nSPS) is 10.2. The Morgan fingerprint density at radius 2 is 1.92 bits per heavy atom. The standard InChI is InChI=1S/C12H12O/c1-10-7-12(13-9-10)8-11-5-3-2-4-6-11/h2-7,9H,8H2,1H3. The zero-order chi connectivity index (χ0) is 9.10. The third kappa shape index (κ3) is 2.00. The fourth-order valence-electron chi connectivity index (χ4n) is 1.38. The Balaban J connectivity index is 2.15. The smallest absolute Gasteiger partial charge is 0.108 e. The Hall–Kier alpha value is -1.50. The van der Waals surface area contributed by atoms with Crippen LogP contribution in [0.4, 0.5) is 0 Å². The van der Waals surface area contributed by atoms with Crippen molar-refractivity contribution in [1.82, 2.24) is 0 Å². The summed E-state index contributed by atoms with van der Waals surface area (Å²) in [6.07, 6.45) is 2.67. The maximum atomic E-state index is 5.37. The summed E-state index contributed by atoms with van der Waals surface area (Å²) in [6.45, 7) is 2.04. The van der Waals surface area contributed by atoms with Crippen molar-refractivity contribution in [2.75, 3.05) is 0 Å². The van der Waals surface area contributed by atoms with Gasteiger partial charge in [0.2, 0.25) is 0 Å². The molecule has 0 radical (unpaired) electrons. The molecule has 1 heterocycles. The molecule has 0 amide bonds. The van der Waals surface area contributed by atoms with Gasteiger partial charge in [-0.05, 0) is 24.1 Å². The van der Waals surface area contributed by atoms with E-state index in [9.17, 15) is 0 Å². The lowest BCUT2D eigenvalue weighted by molar-refractivity contribution is 0.519. The van der Waals surface area contributed by atoms with E-state index in [0.717, 1.165) is 12.2 Å². The molecule has 1 aromatic heterocycles. The quantitative estimate of drug-likeness (QED) is 0.678. The third-order valence-electron chi connectivity index (χ3n) is 2.01. The average molecular weight is 172 g/mol. The molecule has 13 heavy (non-hydrogen) atoms. The van der Waals surface area contributed by atoms with E-state index < -0.39 is 0 Å². The van der Waals surface area contributed by atoms with Gasteiger partial charge in [0.15, 0.2) is 0 Å². The van der Waals surface area contributed by atoms with E-state index in [1.54, 1.807) is 6.26 Å². The molecule has 1 heteroatoms. The first kappa shape index (κ1) is 8.11. The molecule has 0 fully saturated rings. The van der Waals surface area contributed by atoms with Gasteiger partial charge in [0, 0.05) is 6.42 Å². The predicted octanol–water partition coefficient (Wildman–Crippen LogP) is 3.18. The molecule has 0 atom stereocenters. The minimum absolute atomic E-state index is 0.884. The van der Waals surface area contributed by atoms with Crippen LogP contribution in [0.25, 0.3) is 0 Å². The second-order valence-electron chi connectivity index (χ2n) is 3.25. The fourth-order valence-corrected chi connectivity index (χ4v) is 1.38. The van der Waals surface area contributed by atoms with Crippen molar-refractivity contribution in [3.8, 4) is 0 Å². The van der Waals surface area contributed by atoms with Gasteiger partial charge in [0.25, 0.3) is 0 Å². The summed E-state index contributed by atoms with van der Waals surface area (Å²) in [5.41, 5.74) is 2.47. The van der Waals surface area contributed by atoms with E-state index in [1.165, 1.54) is 11.1 Å². The third-order valence-corrected chi connectivity index (χ3v) is 2.01. The van der Waals surface area contributed by atoms with Crippen molar-refractivity contribution >= 4 is 0 Å². The molecule has 0 saturated heterocycles. The van der Waals surface area contributed by atoms with Crippen LogP contribution in [0.5, 0.6) is 0 Å². The van der Waals surface area contributed by atoms with Crippen molar-refractivity contribution in [3.63, 3.8) is 0 Å². The fraction of sp³-hybridized carbons (Fsp3) is 0.167. The maximum absolute atomic E-state index is 5.37. The van der Waals surface area contributed by atoms with Gasteiger partial charge in [-0.1, -0.05) is 30.3 Å². The second-order valence-corrected chi connectivity index (χ2v) is 3.25. The molecule has 1 aromatic carbocycles. The number of aryl methyl sites for hydroxylation is 1. The summed E-state index contributed by atoms with van der Waals surface area (Å²) in [4.78, 5) is 0. The van der Waals surface area contributed by atoms with Gasteiger partial charge in [-0.25, -0.2) is 0 Å². The highest BCUT2D eigenvalue weighted by molar-refractivity contribution is 5.22. The summed E-state index contributed by atoms with van der Waals surface area (Å²) < 4.78 is 5.37. The lowest BCUT2D eigenvalue weighted by Gasteiger charge is -1.95. The topological polar surface area (TPSA) is 13.1 Å². The van der Waals surface area contributed by atoms with Crippen LogP contribution in [-0.4, -0.2) is 0 Å². The van der Waals surface area contributed by atoms with Crippen LogP contribution in [0.1, 0.15) is 16.9 Å². The zero-order valence-corrected chi connectivity index (χ0v) is 7.66. The van der Waals surface area contributed by atoms with E-state index >= 15 is 0 Å². The van der Waals surface area contributed by atoms with Gasteiger partial charge in [0.1, 0.15) is 5.76 Å². The number of furan rings is 1. The summed E-state index contributed by atoms with van der Waals surface area (Å²) in [6, 6.07) is 12.4. The highest BCUT2D eigenvalue weighted by Gasteiger charge is 1.99. The van der Waals surface area contributed by atoms with Crippen LogP contribution in [0.15, 0.2) is 47.1 Å². The van der Waals surface area contributed by atoms with Crippen molar-refractivity contribution in [1.29, 1.82) is 0 Å². The van der Waals surface area contributed by atoms with Crippen LogP contribution in [0.2, 0.25) is 0 Å². The molecule has 0 spiro atoms. The Morgan fingerprint density at radius 1 is 1.15 bits per heavy atom. The summed E-state index contributed by atoms with van der Waals surface area (Å²) in [5.74, 6) is 1.03. The Morgan fingerprint density at radius 3 is 2.54 bits per heavy atom. The van der Waals surface area contributed by atoms with Crippen LogP contribution in [-0.2, 0) is 6.42 Å². The van der Waals surface area contributed by atoms with Crippen molar-refractivity contribution in [2.24, 2.45) is 0 Å². The first-order chi connectivity index (χ1) is 6.34. The molecule has 2 rings (SSSR count). The van der Waals surface area contributed by atoms with E-state index in [1.807, 2.05) is 25.1 Å². The monoisotopic (exact) mass is 172 g/mol. The Labute approximate surface area is 78.0 Å². The number of hydrogen-bond acceptors (Lipinski definition) is 1. The summed E-state index contributed by atoms with van der Waals surface area (Å²) in [7, 11) is 0. The van der Waals surface area contributed by atoms with Crippen LogP contribution >= 0.6 is 0 Å². The van der Waals surface area contributed by atoms with E-state index in [-0.39, 0.29) is 0 Å². The molecule has 0 aliphatic rings. The first-order valence-corrected chi connectivity index (χ1v) is 4.42. The SMILES string of the molecule is Cc1coc(Cc2ccccc2)c1. The predicted molar refractivity (Wildman–Crippen MR) is 52.7 cm³/mol. The van der Waals surface area contributed by atoms with Crippen LogP contribution in [0.3, 0.4) is 0 Å². The van der Waals surface area contributed by atoms with Gasteiger partial charge in [-0.3, -0.25) is 0 Å².